The van der Waals surface area contributed by atoms with Crippen molar-refractivity contribution in [3.8, 4) is 5.75 Å². The lowest BCUT2D eigenvalue weighted by Gasteiger charge is -2.22. The van der Waals surface area contributed by atoms with Gasteiger partial charge in [-0.15, -0.1) is 0 Å². The molecule has 30 heavy (non-hydrogen) atoms. The molecule has 2 rings (SSSR count). The third-order valence-corrected chi connectivity index (χ3v) is 4.70. The van der Waals surface area contributed by atoms with E-state index in [9.17, 15) is 14.0 Å². The van der Waals surface area contributed by atoms with Crippen molar-refractivity contribution in [1.29, 1.82) is 0 Å². The monoisotopic (exact) mass is 529 g/mol. The Morgan fingerprint density at radius 3 is 2.37 bits per heavy atom. The highest BCUT2D eigenvalue weighted by atomic mass is 127. The zero-order valence-electron chi connectivity index (χ0n) is 17.3. The van der Waals surface area contributed by atoms with E-state index >= 15 is 0 Å². The highest BCUT2D eigenvalue weighted by Gasteiger charge is 2.26. The minimum Gasteiger partial charge on any atom is -0.485 e. The Kier molecular flexibility index (Phi) is 8.45. The van der Waals surface area contributed by atoms with Crippen LogP contribution in [-0.2, 0) is 27.3 Å². The van der Waals surface area contributed by atoms with Crippen LogP contribution in [0.5, 0.6) is 5.75 Å². The Labute approximate surface area is 189 Å². The number of nitrogens with one attached hydrogen (secondary N) is 1. The standard InChI is InChI=1S/C22H25FINO5/c1-22(2,3)30-21(27)25-18(20(26)28-4)12-15-10-16(23)19(17(24)11-15)29-13-14-8-6-5-7-9-14/h5-11,18H,12-13H2,1-4H3,(H,25,27)/t18-/m0/s1. The van der Waals surface area contributed by atoms with Crippen LogP contribution in [0.2, 0.25) is 0 Å². The number of hydrogen-bond acceptors (Lipinski definition) is 5. The highest BCUT2D eigenvalue weighted by Crippen LogP contribution is 2.28. The zero-order valence-corrected chi connectivity index (χ0v) is 19.5. The number of esters is 1. The maximum absolute atomic E-state index is 14.7. The second kappa shape index (κ2) is 10.6. The Bertz CT molecular complexity index is 860. The van der Waals surface area contributed by atoms with Gasteiger partial charge in [0, 0.05) is 6.42 Å². The number of halogens is 2. The van der Waals surface area contributed by atoms with E-state index in [1.807, 2.05) is 52.9 Å². The first kappa shape index (κ1) is 23.9. The summed E-state index contributed by atoms with van der Waals surface area (Å²) < 4.78 is 30.8. The lowest BCUT2D eigenvalue weighted by molar-refractivity contribution is -0.143. The second-order valence-electron chi connectivity index (χ2n) is 7.59. The molecule has 0 radical (unpaired) electrons. The predicted octanol–water partition coefficient (Wildman–Crippen LogP) is 4.62. The number of amides is 1. The summed E-state index contributed by atoms with van der Waals surface area (Å²) >= 11 is 1.98. The van der Waals surface area contributed by atoms with Crippen LogP contribution in [0, 0.1) is 9.39 Å². The van der Waals surface area contributed by atoms with Gasteiger partial charge in [0.2, 0.25) is 0 Å². The van der Waals surface area contributed by atoms with Crippen LogP contribution in [0.3, 0.4) is 0 Å². The molecule has 2 aromatic rings. The molecule has 0 bridgehead atoms. The quantitative estimate of drug-likeness (QED) is 0.419. The molecule has 1 amide bonds. The van der Waals surface area contributed by atoms with Crippen LogP contribution in [0.4, 0.5) is 9.18 Å². The number of carbonyl (C=O) groups is 2. The van der Waals surface area contributed by atoms with Gasteiger partial charge >= 0.3 is 12.1 Å². The first-order valence-corrected chi connectivity index (χ1v) is 10.4. The summed E-state index contributed by atoms with van der Waals surface area (Å²) in [7, 11) is 1.22. The molecule has 162 valence electrons. The Morgan fingerprint density at radius 2 is 1.80 bits per heavy atom. The van der Waals surface area contributed by atoms with Crippen LogP contribution in [0.25, 0.3) is 0 Å². The molecule has 0 spiro atoms. The number of rotatable bonds is 7. The average Bonchev–Trinajstić information content (AvgIpc) is 2.65. The number of benzene rings is 2. The van der Waals surface area contributed by atoms with Crippen molar-refractivity contribution < 1.29 is 28.2 Å². The molecule has 0 heterocycles. The van der Waals surface area contributed by atoms with E-state index in [0.29, 0.717) is 9.13 Å². The van der Waals surface area contributed by atoms with E-state index in [1.165, 1.54) is 13.2 Å². The van der Waals surface area contributed by atoms with Gasteiger partial charge in [-0.3, -0.25) is 0 Å². The molecule has 1 atom stereocenters. The molecule has 8 heteroatoms. The molecule has 0 aliphatic carbocycles. The summed E-state index contributed by atoms with van der Waals surface area (Å²) in [5.74, 6) is -1.06. The highest BCUT2D eigenvalue weighted by molar-refractivity contribution is 14.1. The maximum atomic E-state index is 14.7. The first-order valence-electron chi connectivity index (χ1n) is 9.31. The average molecular weight is 529 g/mol. The van der Waals surface area contributed by atoms with Crippen LogP contribution in [-0.4, -0.2) is 30.8 Å². The molecule has 0 saturated heterocycles. The molecule has 0 fully saturated rings. The first-order chi connectivity index (χ1) is 14.1. The molecule has 0 aromatic heterocycles. The number of methoxy groups -OCH3 is 1. The van der Waals surface area contributed by atoms with Crippen LogP contribution < -0.4 is 10.1 Å². The van der Waals surface area contributed by atoms with Gasteiger partial charge in [-0.1, -0.05) is 30.3 Å². The number of hydrogen-bond donors (Lipinski definition) is 1. The topological polar surface area (TPSA) is 73.9 Å². The van der Waals surface area contributed by atoms with E-state index in [-0.39, 0.29) is 18.8 Å². The van der Waals surface area contributed by atoms with Gasteiger partial charge in [-0.2, -0.15) is 0 Å². The minimum atomic E-state index is -1.02. The van der Waals surface area contributed by atoms with E-state index < -0.39 is 29.5 Å². The van der Waals surface area contributed by atoms with Gasteiger partial charge in [0.1, 0.15) is 18.2 Å². The summed E-state index contributed by atoms with van der Waals surface area (Å²) in [4.78, 5) is 24.2. The molecule has 0 aliphatic rings. The fourth-order valence-corrected chi connectivity index (χ4v) is 3.43. The molecular weight excluding hydrogens is 504 g/mol. The molecule has 0 saturated carbocycles. The summed E-state index contributed by atoms with van der Waals surface area (Å²) in [5, 5.41) is 2.48. The normalized spacial score (nSPS) is 12.1. The molecule has 0 aliphatic heterocycles. The fourth-order valence-electron chi connectivity index (χ4n) is 2.62. The largest absolute Gasteiger partial charge is 0.485 e. The molecule has 6 nitrogen and oxygen atoms in total. The Hall–Kier alpha value is -2.36. The van der Waals surface area contributed by atoms with Crippen molar-refractivity contribution in [3.05, 3.63) is 63.0 Å². The third-order valence-electron chi connectivity index (χ3n) is 3.90. The SMILES string of the molecule is COC(=O)[C@H](Cc1cc(F)c(OCc2ccccc2)c(I)c1)NC(=O)OC(C)(C)C. The van der Waals surface area contributed by atoms with Crippen molar-refractivity contribution in [2.24, 2.45) is 0 Å². The summed E-state index contributed by atoms with van der Waals surface area (Å²) in [6.45, 7) is 5.38. The van der Waals surface area contributed by atoms with Crippen LogP contribution in [0.15, 0.2) is 42.5 Å². The zero-order chi connectivity index (χ0) is 22.3. The van der Waals surface area contributed by atoms with Gasteiger partial charge in [0.25, 0.3) is 0 Å². The molecule has 0 unspecified atom stereocenters. The van der Waals surface area contributed by atoms with Crippen molar-refractivity contribution in [2.75, 3.05) is 7.11 Å². The summed E-state index contributed by atoms with van der Waals surface area (Å²) in [6.07, 6.45) is -0.714. The number of ether oxygens (including phenoxy) is 3. The van der Waals surface area contributed by atoms with Crippen molar-refractivity contribution in [3.63, 3.8) is 0 Å². The van der Waals surface area contributed by atoms with Crippen molar-refractivity contribution in [1.82, 2.24) is 5.32 Å². The van der Waals surface area contributed by atoms with Gasteiger partial charge in [0.05, 0.1) is 10.7 Å². The summed E-state index contributed by atoms with van der Waals surface area (Å²) in [6, 6.07) is 11.4. The van der Waals surface area contributed by atoms with Gasteiger partial charge in [0.15, 0.2) is 11.6 Å². The lowest BCUT2D eigenvalue weighted by atomic mass is 10.1. The Balaban J connectivity index is 2.12. The molecule has 1 N–H and O–H groups in total. The van der Waals surface area contributed by atoms with E-state index in [1.54, 1.807) is 26.8 Å². The predicted molar refractivity (Wildman–Crippen MR) is 119 cm³/mol. The van der Waals surface area contributed by atoms with Gasteiger partial charge in [-0.25, -0.2) is 14.0 Å². The van der Waals surface area contributed by atoms with E-state index in [2.05, 4.69) is 5.32 Å². The molecule has 2 aromatic carbocycles. The number of carbonyl (C=O) groups excluding carboxylic acids is 2. The van der Waals surface area contributed by atoms with Crippen LogP contribution in [0.1, 0.15) is 31.9 Å². The summed E-state index contributed by atoms with van der Waals surface area (Å²) in [5.41, 5.74) is 0.712. The van der Waals surface area contributed by atoms with Crippen LogP contribution >= 0.6 is 22.6 Å². The smallest absolute Gasteiger partial charge is 0.408 e. The maximum Gasteiger partial charge on any atom is 0.408 e. The van der Waals surface area contributed by atoms with E-state index in [4.69, 9.17) is 14.2 Å². The number of alkyl carbamates (subject to hydrolysis) is 1. The Morgan fingerprint density at radius 1 is 1.13 bits per heavy atom. The third kappa shape index (κ3) is 7.47. The van der Waals surface area contributed by atoms with E-state index in [0.717, 1.165) is 5.56 Å². The fraction of sp³-hybridized carbons (Fsp3) is 0.364. The second-order valence-corrected chi connectivity index (χ2v) is 8.75. The lowest BCUT2D eigenvalue weighted by Crippen LogP contribution is -2.45. The van der Waals surface area contributed by atoms with Gasteiger partial charge < -0.3 is 19.5 Å². The minimum absolute atomic E-state index is 0.0395. The van der Waals surface area contributed by atoms with Crippen molar-refractivity contribution in [2.45, 2.75) is 45.4 Å². The van der Waals surface area contributed by atoms with Crippen molar-refractivity contribution >= 4 is 34.7 Å². The molecular formula is C22H25FINO5. The van der Waals surface area contributed by atoms with Gasteiger partial charge in [-0.05, 0) is 66.6 Å².